The summed E-state index contributed by atoms with van der Waals surface area (Å²) in [7, 11) is 1.85. The van der Waals surface area contributed by atoms with Crippen molar-refractivity contribution >= 4 is 33.5 Å². The van der Waals surface area contributed by atoms with Crippen molar-refractivity contribution in [2.45, 2.75) is 13.5 Å². The van der Waals surface area contributed by atoms with Gasteiger partial charge in [0, 0.05) is 13.1 Å². The number of amides is 1. The maximum atomic E-state index is 12.5. The van der Waals surface area contributed by atoms with Crippen LogP contribution in [0.4, 0.5) is 8.78 Å². The van der Waals surface area contributed by atoms with E-state index in [-0.39, 0.29) is 11.5 Å². The van der Waals surface area contributed by atoms with Gasteiger partial charge in [0.05, 0.1) is 16.8 Å². The molecule has 5 nitrogen and oxygen atoms in total. The molecule has 1 heterocycles. The zero-order valence-electron chi connectivity index (χ0n) is 15.3. The predicted octanol–water partition coefficient (Wildman–Crippen LogP) is 4.38. The third kappa shape index (κ3) is 4.64. The summed E-state index contributed by atoms with van der Waals surface area (Å²) >= 11 is 1.42. The third-order valence-corrected chi connectivity index (χ3v) is 4.94. The lowest BCUT2D eigenvalue weighted by Crippen LogP contribution is -2.12. The molecule has 28 heavy (non-hydrogen) atoms. The van der Waals surface area contributed by atoms with Gasteiger partial charge in [-0.2, -0.15) is 13.8 Å². The van der Waals surface area contributed by atoms with Crippen LogP contribution in [0.25, 0.3) is 16.3 Å². The highest BCUT2D eigenvalue weighted by Gasteiger charge is 2.11. The SMILES string of the molecule is CCOc1cc(/C=C/C(=O)N=c2sc3ccccc3n2C)ccc1OC(F)F. The molecule has 0 radical (unpaired) electrons. The molecule has 0 fully saturated rings. The molecule has 0 aliphatic rings. The Morgan fingerprint density at radius 2 is 2.04 bits per heavy atom. The molecule has 146 valence electrons. The number of aromatic nitrogens is 1. The number of rotatable bonds is 6. The number of para-hydroxylation sites is 1. The zero-order chi connectivity index (χ0) is 20.1. The maximum Gasteiger partial charge on any atom is 0.387 e. The van der Waals surface area contributed by atoms with Crippen LogP contribution in [0.2, 0.25) is 0 Å². The van der Waals surface area contributed by atoms with Crippen molar-refractivity contribution in [1.82, 2.24) is 4.57 Å². The van der Waals surface area contributed by atoms with Crippen LogP contribution in [0.3, 0.4) is 0 Å². The van der Waals surface area contributed by atoms with Crippen LogP contribution in [-0.4, -0.2) is 23.7 Å². The van der Waals surface area contributed by atoms with E-state index in [9.17, 15) is 13.6 Å². The second-order valence-corrected chi connectivity index (χ2v) is 6.72. The highest BCUT2D eigenvalue weighted by molar-refractivity contribution is 7.16. The Balaban J connectivity index is 1.83. The van der Waals surface area contributed by atoms with Gasteiger partial charge in [-0.15, -0.1) is 0 Å². The smallest absolute Gasteiger partial charge is 0.387 e. The molecule has 0 unspecified atom stereocenters. The second-order valence-electron chi connectivity index (χ2n) is 5.71. The van der Waals surface area contributed by atoms with Gasteiger partial charge in [-0.1, -0.05) is 29.5 Å². The van der Waals surface area contributed by atoms with Crippen molar-refractivity contribution in [1.29, 1.82) is 0 Å². The van der Waals surface area contributed by atoms with E-state index in [4.69, 9.17) is 4.74 Å². The summed E-state index contributed by atoms with van der Waals surface area (Å²) in [5.74, 6) is -0.291. The third-order valence-electron chi connectivity index (χ3n) is 3.82. The molecule has 0 aliphatic heterocycles. The van der Waals surface area contributed by atoms with Crippen molar-refractivity contribution in [2.75, 3.05) is 6.61 Å². The summed E-state index contributed by atoms with van der Waals surface area (Å²) in [6.07, 6.45) is 2.87. The molecule has 0 spiro atoms. The highest BCUT2D eigenvalue weighted by Crippen LogP contribution is 2.30. The molecule has 1 aromatic heterocycles. The lowest BCUT2D eigenvalue weighted by molar-refractivity contribution is -0.113. The number of hydrogen-bond acceptors (Lipinski definition) is 4. The van der Waals surface area contributed by atoms with Crippen molar-refractivity contribution in [3.05, 3.63) is 58.9 Å². The fraction of sp³-hybridized carbons (Fsp3) is 0.200. The minimum atomic E-state index is -2.94. The van der Waals surface area contributed by atoms with Crippen LogP contribution >= 0.6 is 11.3 Å². The van der Waals surface area contributed by atoms with E-state index >= 15 is 0 Å². The predicted molar refractivity (Wildman–Crippen MR) is 105 cm³/mol. The molecule has 0 N–H and O–H groups in total. The molecule has 0 bridgehead atoms. The monoisotopic (exact) mass is 404 g/mol. The molecule has 0 saturated heterocycles. The van der Waals surface area contributed by atoms with Crippen LogP contribution in [0.15, 0.2) is 53.5 Å². The van der Waals surface area contributed by atoms with Crippen molar-refractivity contribution in [3.8, 4) is 11.5 Å². The Labute approximate surface area is 164 Å². The number of ether oxygens (including phenoxy) is 2. The largest absolute Gasteiger partial charge is 0.490 e. The Morgan fingerprint density at radius 1 is 1.25 bits per heavy atom. The van der Waals surface area contributed by atoms with E-state index in [2.05, 4.69) is 9.73 Å². The summed E-state index contributed by atoms with van der Waals surface area (Å²) in [4.78, 5) is 16.9. The molecule has 8 heteroatoms. The molecular formula is C20H18F2N2O3S. The molecule has 2 aromatic carbocycles. The van der Waals surface area contributed by atoms with Crippen LogP contribution < -0.4 is 14.3 Å². The first-order chi connectivity index (χ1) is 13.5. The molecule has 0 atom stereocenters. The average Bonchev–Trinajstić information content (AvgIpc) is 2.97. The topological polar surface area (TPSA) is 52.8 Å². The fourth-order valence-electron chi connectivity index (χ4n) is 2.58. The number of hydrogen-bond donors (Lipinski definition) is 0. The van der Waals surface area contributed by atoms with Crippen molar-refractivity contribution < 1.29 is 23.0 Å². The Morgan fingerprint density at radius 3 is 2.75 bits per heavy atom. The number of thiazole rings is 1. The van der Waals surface area contributed by atoms with Crippen molar-refractivity contribution in [3.63, 3.8) is 0 Å². The lowest BCUT2D eigenvalue weighted by atomic mass is 10.2. The molecule has 3 rings (SSSR count). The fourth-order valence-corrected chi connectivity index (χ4v) is 3.60. The van der Waals surface area contributed by atoms with Gasteiger partial charge in [-0.05, 0) is 42.8 Å². The van der Waals surface area contributed by atoms with Gasteiger partial charge in [-0.3, -0.25) is 4.79 Å². The number of nitrogens with zero attached hydrogens (tertiary/aromatic N) is 2. The van der Waals surface area contributed by atoms with E-state index in [1.165, 1.54) is 29.5 Å². The van der Waals surface area contributed by atoms with Crippen LogP contribution in [0, 0.1) is 0 Å². The summed E-state index contributed by atoms with van der Waals surface area (Å²) < 4.78 is 37.6. The molecule has 3 aromatic rings. The lowest BCUT2D eigenvalue weighted by Gasteiger charge is -2.11. The Kier molecular flexibility index (Phi) is 6.20. The van der Waals surface area contributed by atoms with E-state index in [1.807, 2.05) is 35.9 Å². The summed E-state index contributed by atoms with van der Waals surface area (Å²) in [5.41, 5.74) is 1.60. The zero-order valence-corrected chi connectivity index (χ0v) is 16.1. The standard InChI is InChI=1S/C20H18F2N2O3S/c1-3-26-16-12-13(8-10-15(16)27-19(21)22)9-11-18(25)23-20-24(2)14-6-4-5-7-17(14)28-20/h4-12,19H,3H2,1-2H3/b11-9+,23-20?. The van der Waals surface area contributed by atoms with Gasteiger partial charge in [0.2, 0.25) is 0 Å². The summed E-state index contributed by atoms with van der Waals surface area (Å²) in [6.45, 7) is -0.908. The maximum absolute atomic E-state index is 12.5. The molecule has 0 saturated carbocycles. The number of carbonyl (C=O) groups excluding carboxylic acids is 1. The first-order valence-corrected chi connectivity index (χ1v) is 9.32. The van der Waals surface area contributed by atoms with Crippen molar-refractivity contribution in [2.24, 2.45) is 12.0 Å². The average molecular weight is 404 g/mol. The minimum Gasteiger partial charge on any atom is -0.490 e. The van der Waals surface area contributed by atoms with Crippen LogP contribution in [-0.2, 0) is 11.8 Å². The van der Waals surface area contributed by atoms with Gasteiger partial charge >= 0.3 is 6.61 Å². The normalized spacial score (nSPS) is 12.2. The molecule has 1 amide bonds. The summed E-state index contributed by atoms with van der Waals surface area (Å²) in [6, 6.07) is 12.3. The molecular weight excluding hydrogens is 386 g/mol. The second kappa shape index (κ2) is 8.79. The van der Waals surface area contributed by atoms with E-state index in [1.54, 1.807) is 19.1 Å². The molecule has 0 aliphatic carbocycles. The summed E-state index contributed by atoms with van der Waals surface area (Å²) in [5, 5.41) is 0. The van der Waals surface area contributed by atoms with Gasteiger partial charge in [0.1, 0.15) is 0 Å². The number of benzene rings is 2. The van der Waals surface area contributed by atoms with Crippen LogP contribution in [0.1, 0.15) is 12.5 Å². The van der Waals surface area contributed by atoms with E-state index < -0.39 is 12.5 Å². The number of fused-ring (bicyclic) bond motifs is 1. The quantitative estimate of drug-likeness (QED) is 0.573. The van der Waals surface area contributed by atoms with Gasteiger partial charge in [0.25, 0.3) is 5.91 Å². The first-order valence-electron chi connectivity index (χ1n) is 8.51. The van der Waals surface area contributed by atoms with E-state index in [0.717, 1.165) is 10.2 Å². The minimum absolute atomic E-state index is 0.0534. The van der Waals surface area contributed by atoms with Gasteiger partial charge < -0.3 is 14.0 Å². The number of aryl methyl sites for hydroxylation is 1. The van der Waals surface area contributed by atoms with Gasteiger partial charge in [-0.25, -0.2) is 0 Å². The Hall–Kier alpha value is -3.00. The number of alkyl halides is 2. The number of carbonyl (C=O) groups is 1. The van der Waals surface area contributed by atoms with Gasteiger partial charge in [0.15, 0.2) is 16.3 Å². The van der Waals surface area contributed by atoms with E-state index in [0.29, 0.717) is 17.0 Å². The number of halogens is 2. The van der Waals surface area contributed by atoms with Crippen LogP contribution in [0.5, 0.6) is 11.5 Å². The highest BCUT2D eigenvalue weighted by atomic mass is 32.1. The Bertz CT molecular complexity index is 1090. The first kappa shape index (κ1) is 19.8.